The summed E-state index contributed by atoms with van der Waals surface area (Å²) in [6, 6.07) is 0. The molecule has 2 nitrogen and oxygen atoms in total. The molecule has 0 saturated heterocycles. The van der Waals surface area contributed by atoms with Crippen LogP contribution in [0.3, 0.4) is 0 Å². The first kappa shape index (κ1) is 10.0. The highest BCUT2D eigenvalue weighted by atomic mass is 14.9. The Morgan fingerprint density at radius 3 is 2.75 bits per heavy atom. The summed E-state index contributed by atoms with van der Waals surface area (Å²) in [6.45, 7) is 5.41. The van der Waals surface area contributed by atoms with Crippen LogP contribution in [-0.2, 0) is 0 Å². The van der Waals surface area contributed by atoms with Gasteiger partial charge in [-0.3, -0.25) is 0 Å². The van der Waals surface area contributed by atoms with Crippen molar-refractivity contribution in [2.24, 2.45) is 17.6 Å². The molecule has 0 amide bonds. The Bertz CT molecular complexity index is 110. The average Bonchev–Trinajstić information content (AvgIpc) is 2.87. The molecule has 0 aromatic heterocycles. The van der Waals surface area contributed by atoms with E-state index in [1.165, 1.54) is 32.2 Å². The fourth-order valence-corrected chi connectivity index (χ4v) is 1.53. The van der Waals surface area contributed by atoms with Crippen molar-refractivity contribution < 1.29 is 0 Å². The highest BCUT2D eigenvalue weighted by Crippen LogP contribution is 2.27. The number of rotatable bonds is 7. The van der Waals surface area contributed by atoms with Gasteiger partial charge in [0, 0.05) is 0 Å². The van der Waals surface area contributed by atoms with E-state index in [-0.39, 0.29) is 0 Å². The number of hydrogen-bond acceptors (Lipinski definition) is 2. The predicted octanol–water partition coefficient (Wildman–Crippen LogP) is 1.36. The predicted molar refractivity (Wildman–Crippen MR) is 53.0 cm³/mol. The highest BCUT2D eigenvalue weighted by Gasteiger charge is 2.20. The van der Waals surface area contributed by atoms with Gasteiger partial charge in [0.1, 0.15) is 0 Å². The van der Waals surface area contributed by atoms with Crippen molar-refractivity contribution in [3.05, 3.63) is 0 Å². The van der Waals surface area contributed by atoms with Gasteiger partial charge in [-0.05, 0) is 50.7 Å². The zero-order valence-electron chi connectivity index (χ0n) is 8.18. The summed E-state index contributed by atoms with van der Waals surface area (Å²) in [5.41, 5.74) is 5.65. The minimum atomic E-state index is 0.703. The van der Waals surface area contributed by atoms with E-state index in [1.54, 1.807) is 0 Å². The highest BCUT2D eigenvalue weighted by molar-refractivity contribution is 4.76. The summed E-state index contributed by atoms with van der Waals surface area (Å²) >= 11 is 0. The first-order chi connectivity index (χ1) is 5.86. The van der Waals surface area contributed by atoms with Crippen molar-refractivity contribution in [2.45, 2.75) is 32.6 Å². The molecule has 1 saturated carbocycles. The maximum atomic E-state index is 5.65. The summed E-state index contributed by atoms with van der Waals surface area (Å²) in [7, 11) is 0. The standard InChI is InChI=1S/C10H22N2/c1-2-3-10(6-11)8-12-7-9-4-5-9/h9-10,12H,2-8,11H2,1H3. The molecule has 0 radical (unpaired) electrons. The fourth-order valence-electron chi connectivity index (χ4n) is 1.53. The molecule has 1 atom stereocenters. The molecular formula is C10H22N2. The smallest absolute Gasteiger partial charge is 0.000835 e. The van der Waals surface area contributed by atoms with Crippen molar-refractivity contribution in [3.63, 3.8) is 0 Å². The van der Waals surface area contributed by atoms with Crippen LogP contribution in [0.1, 0.15) is 32.6 Å². The van der Waals surface area contributed by atoms with Gasteiger partial charge < -0.3 is 11.1 Å². The summed E-state index contributed by atoms with van der Waals surface area (Å²) in [6.07, 6.45) is 5.41. The average molecular weight is 170 g/mol. The second-order valence-corrected chi connectivity index (χ2v) is 3.99. The first-order valence-corrected chi connectivity index (χ1v) is 5.27. The van der Waals surface area contributed by atoms with Crippen LogP contribution in [0, 0.1) is 11.8 Å². The summed E-state index contributed by atoms with van der Waals surface area (Å²) in [5.74, 6) is 1.69. The van der Waals surface area contributed by atoms with E-state index in [0.29, 0.717) is 5.92 Å². The lowest BCUT2D eigenvalue weighted by Gasteiger charge is -2.13. The quantitative estimate of drug-likeness (QED) is 0.605. The minimum absolute atomic E-state index is 0.703. The maximum Gasteiger partial charge on any atom is -0.000835 e. The van der Waals surface area contributed by atoms with Gasteiger partial charge in [0.15, 0.2) is 0 Å². The molecule has 0 aromatic rings. The molecular weight excluding hydrogens is 148 g/mol. The van der Waals surface area contributed by atoms with Crippen LogP contribution in [0.2, 0.25) is 0 Å². The molecule has 1 rings (SSSR count). The van der Waals surface area contributed by atoms with Gasteiger partial charge in [-0.15, -0.1) is 0 Å². The third-order valence-corrected chi connectivity index (χ3v) is 2.59. The van der Waals surface area contributed by atoms with Gasteiger partial charge in [-0.2, -0.15) is 0 Å². The van der Waals surface area contributed by atoms with Crippen LogP contribution in [0.4, 0.5) is 0 Å². The van der Waals surface area contributed by atoms with Gasteiger partial charge in [0.05, 0.1) is 0 Å². The number of nitrogens with two attached hydrogens (primary N) is 1. The van der Waals surface area contributed by atoms with Crippen LogP contribution in [-0.4, -0.2) is 19.6 Å². The zero-order valence-corrected chi connectivity index (χ0v) is 8.18. The molecule has 0 spiro atoms. The van der Waals surface area contributed by atoms with Gasteiger partial charge >= 0.3 is 0 Å². The molecule has 1 aliphatic rings. The maximum absolute atomic E-state index is 5.65. The molecule has 1 fully saturated rings. The van der Waals surface area contributed by atoms with Crippen molar-refractivity contribution >= 4 is 0 Å². The topological polar surface area (TPSA) is 38.0 Å². The Balaban J connectivity index is 1.93. The van der Waals surface area contributed by atoms with Crippen molar-refractivity contribution in [1.29, 1.82) is 0 Å². The number of hydrogen-bond donors (Lipinski definition) is 2. The monoisotopic (exact) mass is 170 g/mol. The van der Waals surface area contributed by atoms with Crippen molar-refractivity contribution in [2.75, 3.05) is 19.6 Å². The van der Waals surface area contributed by atoms with Crippen LogP contribution >= 0.6 is 0 Å². The molecule has 0 bridgehead atoms. The van der Waals surface area contributed by atoms with Crippen molar-refractivity contribution in [1.82, 2.24) is 5.32 Å². The molecule has 2 heteroatoms. The van der Waals surface area contributed by atoms with Crippen LogP contribution in [0.5, 0.6) is 0 Å². The molecule has 1 aliphatic carbocycles. The second-order valence-electron chi connectivity index (χ2n) is 3.99. The first-order valence-electron chi connectivity index (χ1n) is 5.27. The third kappa shape index (κ3) is 4.07. The van der Waals surface area contributed by atoms with E-state index in [0.717, 1.165) is 19.0 Å². The molecule has 0 aromatic carbocycles. The molecule has 0 heterocycles. The lowest BCUT2D eigenvalue weighted by Crippen LogP contribution is -2.29. The van der Waals surface area contributed by atoms with Gasteiger partial charge in [-0.25, -0.2) is 0 Å². The lowest BCUT2D eigenvalue weighted by molar-refractivity contribution is 0.445. The van der Waals surface area contributed by atoms with Crippen LogP contribution in [0.25, 0.3) is 0 Å². The second kappa shape index (κ2) is 5.55. The van der Waals surface area contributed by atoms with Crippen LogP contribution < -0.4 is 11.1 Å². The Hall–Kier alpha value is -0.0800. The van der Waals surface area contributed by atoms with E-state index in [2.05, 4.69) is 12.2 Å². The molecule has 12 heavy (non-hydrogen) atoms. The summed E-state index contributed by atoms with van der Waals surface area (Å²) in [4.78, 5) is 0. The largest absolute Gasteiger partial charge is 0.330 e. The number of nitrogens with one attached hydrogen (secondary N) is 1. The van der Waals surface area contributed by atoms with E-state index in [4.69, 9.17) is 5.73 Å². The molecule has 1 unspecified atom stereocenters. The van der Waals surface area contributed by atoms with Gasteiger partial charge in [-0.1, -0.05) is 13.3 Å². The van der Waals surface area contributed by atoms with Crippen molar-refractivity contribution in [3.8, 4) is 0 Å². The Kier molecular flexibility index (Phi) is 4.62. The van der Waals surface area contributed by atoms with Crippen LogP contribution in [0.15, 0.2) is 0 Å². The zero-order chi connectivity index (χ0) is 8.81. The normalized spacial score (nSPS) is 19.5. The van der Waals surface area contributed by atoms with E-state index < -0.39 is 0 Å². The Labute approximate surface area is 75.9 Å². The van der Waals surface area contributed by atoms with Gasteiger partial charge in [0.25, 0.3) is 0 Å². The minimum Gasteiger partial charge on any atom is -0.330 e. The molecule has 3 N–H and O–H groups in total. The molecule has 0 aliphatic heterocycles. The fraction of sp³-hybridized carbons (Fsp3) is 1.00. The third-order valence-electron chi connectivity index (χ3n) is 2.59. The van der Waals surface area contributed by atoms with Gasteiger partial charge in [0.2, 0.25) is 0 Å². The Morgan fingerprint density at radius 2 is 2.25 bits per heavy atom. The SMILES string of the molecule is CCCC(CN)CNCC1CC1. The van der Waals surface area contributed by atoms with E-state index in [1.807, 2.05) is 0 Å². The van der Waals surface area contributed by atoms with E-state index in [9.17, 15) is 0 Å². The molecule has 72 valence electrons. The lowest BCUT2D eigenvalue weighted by atomic mass is 10.0. The Morgan fingerprint density at radius 1 is 1.50 bits per heavy atom. The summed E-state index contributed by atoms with van der Waals surface area (Å²) in [5, 5.41) is 3.50. The van der Waals surface area contributed by atoms with E-state index >= 15 is 0 Å². The summed E-state index contributed by atoms with van der Waals surface area (Å²) < 4.78 is 0.